The number of esters is 1. The van der Waals surface area contributed by atoms with Crippen molar-refractivity contribution in [2.24, 2.45) is 0 Å². The number of aryl methyl sites for hydroxylation is 1. The van der Waals surface area contributed by atoms with Crippen molar-refractivity contribution in [3.05, 3.63) is 17.6 Å². The molecule has 14 heavy (non-hydrogen) atoms. The Labute approximate surface area is 83.0 Å². The molecule has 4 heteroatoms. The van der Waals surface area contributed by atoms with Gasteiger partial charge in [-0.05, 0) is 13.3 Å². The van der Waals surface area contributed by atoms with E-state index in [2.05, 4.69) is 0 Å². The Kier molecular flexibility index (Phi) is 3.56. The standard InChI is InChI=1S/C10H15NO3/c1-3-5-7-6-14-9(8(7)11)10(12)13-4-2/h6H,3-5,11H2,1-2H3. The molecule has 1 heterocycles. The third-order valence-corrected chi connectivity index (χ3v) is 1.89. The second kappa shape index (κ2) is 4.69. The Balaban J connectivity index is 2.83. The molecule has 1 rings (SSSR count). The van der Waals surface area contributed by atoms with E-state index in [1.54, 1.807) is 6.92 Å². The van der Waals surface area contributed by atoms with E-state index in [1.807, 2.05) is 6.92 Å². The molecule has 1 aromatic rings. The molecule has 0 aliphatic carbocycles. The summed E-state index contributed by atoms with van der Waals surface area (Å²) in [7, 11) is 0. The van der Waals surface area contributed by atoms with Crippen LogP contribution in [-0.4, -0.2) is 12.6 Å². The highest BCUT2D eigenvalue weighted by Gasteiger charge is 2.18. The van der Waals surface area contributed by atoms with Gasteiger partial charge in [-0.1, -0.05) is 13.3 Å². The van der Waals surface area contributed by atoms with E-state index < -0.39 is 5.97 Å². The summed E-state index contributed by atoms with van der Waals surface area (Å²) in [6.45, 7) is 4.10. The molecule has 78 valence electrons. The van der Waals surface area contributed by atoms with Crippen LogP contribution in [0.5, 0.6) is 0 Å². The minimum Gasteiger partial charge on any atom is -0.460 e. The zero-order valence-electron chi connectivity index (χ0n) is 8.50. The zero-order chi connectivity index (χ0) is 10.6. The van der Waals surface area contributed by atoms with E-state index in [-0.39, 0.29) is 5.76 Å². The van der Waals surface area contributed by atoms with Crippen LogP contribution in [0.3, 0.4) is 0 Å². The van der Waals surface area contributed by atoms with Gasteiger partial charge in [0.1, 0.15) is 0 Å². The van der Waals surface area contributed by atoms with Gasteiger partial charge in [0, 0.05) is 5.56 Å². The number of hydrogen-bond donors (Lipinski definition) is 1. The fraction of sp³-hybridized carbons (Fsp3) is 0.500. The number of carbonyl (C=O) groups excluding carboxylic acids is 1. The lowest BCUT2D eigenvalue weighted by Crippen LogP contribution is -2.06. The summed E-state index contributed by atoms with van der Waals surface area (Å²) in [6.07, 6.45) is 3.30. The van der Waals surface area contributed by atoms with Crippen LogP contribution in [0.2, 0.25) is 0 Å². The van der Waals surface area contributed by atoms with Gasteiger partial charge in [-0.15, -0.1) is 0 Å². The maximum atomic E-state index is 11.3. The SMILES string of the molecule is CCCc1coc(C(=O)OCC)c1N. The van der Waals surface area contributed by atoms with Crippen molar-refractivity contribution in [1.29, 1.82) is 0 Å². The van der Waals surface area contributed by atoms with Crippen molar-refractivity contribution < 1.29 is 13.9 Å². The second-order valence-electron chi connectivity index (χ2n) is 2.97. The molecular weight excluding hydrogens is 182 g/mol. The summed E-state index contributed by atoms with van der Waals surface area (Å²) < 4.78 is 9.85. The fourth-order valence-corrected chi connectivity index (χ4v) is 1.22. The molecule has 0 amide bonds. The smallest absolute Gasteiger partial charge is 0.376 e. The molecule has 0 radical (unpaired) electrons. The van der Waals surface area contributed by atoms with Crippen molar-refractivity contribution in [1.82, 2.24) is 0 Å². The van der Waals surface area contributed by atoms with Crippen molar-refractivity contribution in [3.63, 3.8) is 0 Å². The monoisotopic (exact) mass is 197 g/mol. The van der Waals surface area contributed by atoms with E-state index in [4.69, 9.17) is 14.9 Å². The molecule has 0 aliphatic heterocycles. The predicted octanol–water partition coefficient (Wildman–Crippen LogP) is 1.99. The summed E-state index contributed by atoms with van der Waals surface area (Å²) in [5, 5.41) is 0. The van der Waals surface area contributed by atoms with Crippen LogP contribution in [0.1, 0.15) is 36.4 Å². The molecule has 0 unspecified atom stereocenters. The lowest BCUT2D eigenvalue weighted by molar-refractivity contribution is 0.0492. The maximum Gasteiger partial charge on any atom is 0.376 e. The molecule has 2 N–H and O–H groups in total. The van der Waals surface area contributed by atoms with Crippen LogP contribution in [-0.2, 0) is 11.2 Å². The largest absolute Gasteiger partial charge is 0.460 e. The lowest BCUT2D eigenvalue weighted by atomic mass is 10.1. The highest BCUT2D eigenvalue weighted by molar-refractivity contribution is 5.92. The highest BCUT2D eigenvalue weighted by Crippen LogP contribution is 2.22. The van der Waals surface area contributed by atoms with E-state index in [9.17, 15) is 4.79 Å². The number of ether oxygens (including phenoxy) is 1. The van der Waals surface area contributed by atoms with Gasteiger partial charge in [-0.3, -0.25) is 0 Å². The van der Waals surface area contributed by atoms with Gasteiger partial charge in [-0.2, -0.15) is 0 Å². The summed E-state index contributed by atoms with van der Waals surface area (Å²) in [5.74, 6) is -0.373. The van der Waals surface area contributed by atoms with E-state index >= 15 is 0 Å². The zero-order valence-corrected chi connectivity index (χ0v) is 8.50. The normalized spacial score (nSPS) is 10.1. The Morgan fingerprint density at radius 3 is 2.86 bits per heavy atom. The van der Waals surface area contributed by atoms with Gasteiger partial charge >= 0.3 is 5.97 Å². The summed E-state index contributed by atoms with van der Waals surface area (Å²) in [5.41, 5.74) is 7.00. The number of carbonyl (C=O) groups is 1. The molecule has 0 spiro atoms. The highest BCUT2D eigenvalue weighted by atomic mass is 16.5. The van der Waals surface area contributed by atoms with Crippen molar-refractivity contribution in [2.45, 2.75) is 26.7 Å². The van der Waals surface area contributed by atoms with Crippen molar-refractivity contribution >= 4 is 11.7 Å². The van der Waals surface area contributed by atoms with E-state index in [0.29, 0.717) is 12.3 Å². The number of rotatable bonds is 4. The molecular formula is C10H15NO3. The van der Waals surface area contributed by atoms with Gasteiger partial charge < -0.3 is 14.9 Å². The summed E-state index contributed by atoms with van der Waals surface area (Å²) in [4.78, 5) is 11.3. The molecule has 1 aromatic heterocycles. The van der Waals surface area contributed by atoms with E-state index in [1.165, 1.54) is 6.26 Å². The Bertz CT molecular complexity index is 317. The Hall–Kier alpha value is -1.45. The van der Waals surface area contributed by atoms with Gasteiger partial charge in [-0.25, -0.2) is 4.79 Å². The van der Waals surface area contributed by atoms with Gasteiger partial charge in [0.25, 0.3) is 0 Å². The Morgan fingerprint density at radius 1 is 1.57 bits per heavy atom. The predicted molar refractivity (Wildman–Crippen MR) is 53.1 cm³/mol. The second-order valence-corrected chi connectivity index (χ2v) is 2.97. The average molecular weight is 197 g/mol. The third-order valence-electron chi connectivity index (χ3n) is 1.89. The number of nitrogen functional groups attached to an aromatic ring is 1. The van der Waals surface area contributed by atoms with Gasteiger partial charge in [0.15, 0.2) is 0 Å². The molecule has 0 fully saturated rings. The van der Waals surface area contributed by atoms with E-state index in [0.717, 1.165) is 18.4 Å². The van der Waals surface area contributed by atoms with Crippen LogP contribution in [0.15, 0.2) is 10.7 Å². The maximum absolute atomic E-state index is 11.3. The molecule has 0 aliphatic rings. The lowest BCUT2D eigenvalue weighted by Gasteiger charge is -1.99. The van der Waals surface area contributed by atoms with Crippen LogP contribution < -0.4 is 5.73 Å². The summed E-state index contributed by atoms with van der Waals surface area (Å²) >= 11 is 0. The fourth-order valence-electron chi connectivity index (χ4n) is 1.22. The molecule has 4 nitrogen and oxygen atoms in total. The van der Waals surface area contributed by atoms with Gasteiger partial charge in [0.05, 0.1) is 18.6 Å². The first-order valence-corrected chi connectivity index (χ1v) is 4.73. The van der Waals surface area contributed by atoms with Crippen molar-refractivity contribution in [3.8, 4) is 0 Å². The third kappa shape index (κ3) is 2.07. The first kappa shape index (κ1) is 10.6. The quantitative estimate of drug-likeness (QED) is 0.749. The number of nitrogens with two attached hydrogens (primary N) is 1. The number of hydrogen-bond acceptors (Lipinski definition) is 4. The molecule has 0 bridgehead atoms. The average Bonchev–Trinajstić information content (AvgIpc) is 2.49. The summed E-state index contributed by atoms with van der Waals surface area (Å²) in [6, 6.07) is 0. The minimum absolute atomic E-state index is 0.121. The first-order valence-electron chi connectivity index (χ1n) is 4.73. The van der Waals surface area contributed by atoms with Gasteiger partial charge in [0.2, 0.25) is 5.76 Å². The van der Waals surface area contributed by atoms with Crippen LogP contribution in [0.25, 0.3) is 0 Å². The van der Waals surface area contributed by atoms with Crippen LogP contribution in [0.4, 0.5) is 5.69 Å². The van der Waals surface area contributed by atoms with Crippen LogP contribution >= 0.6 is 0 Å². The first-order chi connectivity index (χ1) is 6.70. The molecule has 0 atom stereocenters. The molecule has 0 saturated carbocycles. The topological polar surface area (TPSA) is 65.5 Å². The molecule has 0 aromatic carbocycles. The number of anilines is 1. The molecule has 0 saturated heterocycles. The minimum atomic E-state index is -0.493. The van der Waals surface area contributed by atoms with Crippen molar-refractivity contribution in [2.75, 3.05) is 12.3 Å². The van der Waals surface area contributed by atoms with Crippen LogP contribution in [0, 0.1) is 0 Å². The number of furan rings is 1. The Morgan fingerprint density at radius 2 is 2.29 bits per heavy atom.